The van der Waals surface area contributed by atoms with Crippen LogP contribution in [-0.4, -0.2) is 26.2 Å². The third-order valence-electron chi connectivity index (χ3n) is 3.68. The minimum absolute atomic E-state index is 0.173. The molecule has 0 saturated carbocycles. The van der Waals surface area contributed by atoms with Crippen molar-refractivity contribution in [2.24, 2.45) is 0 Å². The van der Waals surface area contributed by atoms with E-state index in [4.69, 9.17) is 14.2 Å². The van der Waals surface area contributed by atoms with E-state index in [9.17, 15) is 4.79 Å². The summed E-state index contributed by atoms with van der Waals surface area (Å²) in [4.78, 5) is 12.2. The van der Waals surface area contributed by atoms with Gasteiger partial charge in [0.1, 0.15) is 5.75 Å². The van der Waals surface area contributed by atoms with Crippen LogP contribution in [0.1, 0.15) is 18.1 Å². The van der Waals surface area contributed by atoms with Crippen molar-refractivity contribution in [2.45, 2.75) is 26.5 Å². The van der Waals surface area contributed by atoms with Gasteiger partial charge in [-0.15, -0.1) is 0 Å². The minimum atomic E-state index is -0.578. The second-order valence-corrected chi connectivity index (χ2v) is 5.43. The van der Waals surface area contributed by atoms with Crippen LogP contribution in [0.15, 0.2) is 42.5 Å². The molecular weight excluding hydrogens is 306 g/mol. The smallest absolute Gasteiger partial charge is 0.261 e. The average molecular weight is 329 g/mol. The van der Waals surface area contributed by atoms with Crippen LogP contribution in [0, 0.1) is 6.92 Å². The zero-order valence-electron chi connectivity index (χ0n) is 14.5. The molecular formula is C19H23NO4. The lowest BCUT2D eigenvalue weighted by molar-refractivity contribution is -0.127. The van der Waals surface area contributed by atoms with Gasteiger partial charge in [0.15, 0.2) is 17.6 Å². The first kappa shape index (κ1) is 17.7. The fraction of sp³-hybridized carbons (Fsp3) is 0.316. The van der Waals surface area contributed by atoms with Gasteiger partial charge in [0.05, 0.1) is 14.2 Å². The highest BCUT2D eigenvalue weighted by Gasteiger charge is 2.15. The molecule has 0 spiro atoms. The molecule has 0 saturated heterocycles. The van der Waals surface area contributed by atoms with E-state index in [0.717, 1.165) is 11.1 Å². The van der Waals surface area contributed by atoms with Crippen molar-refractivity contribution in [3.63, 3.8) is 0 Å². The molecule has 0 unspecified atom stereocenters. The van der Waals surface area contributed by atoms with Crippen molar-refractivity contribution in [1.29, 1.82) is 0 Å². The van der Waals surface area contributed by atoms with Gasteiger partial charge in [-0.1, -0.05) is 24.3 Å². The molecule has 1 N–H and O–H groups in total. The summed E-state index contributed by atoms with van der Waals surface area (Å²) in [6.45, 7) is 4.07. The maximum atomic E-state index is 12.2. The van der Waals surface area contributed by atoms with Crippen LogP contribution in [0.2, 0.25) is 0 Å². The molecule has 0 radical (unpaired) electrons. The highest BCUT2D eigenvalue weighted by molar-refractivity contribution is 5.80. The summed E-state index contributed by atoms with van der Waals surface area (Å²) in [6.07, 6.45) is -0.578. The van der Waals surface area contributed by atoms with E-state index in [1.54, 1.807) is 21.1 Å². The Kier molecular flexibility index (Phi) is 6.07. The molecule has 5 heteroatoms. The van der Waals surface area contributed by atoms with Crippen LogP contribution in [0.4, 0.5) is 0 Å². The van der Waals surface area contributed by atoms with Crippen LogP contribution in [-0.2, 0) is 11.3 Å². The van der Waals surface area contributed by atoms with Gasteiger partial charge in [-0.25, -0.2) is 0 Å². The van der Waals surface area contributed by atoms with Gasteiger partial charge in [0, 0.05) is 6.54 Å². The Bertz CT molecular complexity index is 700. The van der Waals surface area contributed by atoms with E-state index < -0.39 is 6.10 Å². The third-order valence-corrected chi connectivity index (χ3v) is 3.68. The van der Waals surface area contributed by atoms with Gasteiger partial charge in [0.2, 0.25) is 0 Å². The highest BCUT2D eigenvalue weighted by Crippen LogP contribution is 2.27. The van der Waals surface area contributed by atoms with E-state index in [1.807, 2.05) is 49.4 Å². The summed E-state index contributed by atoms with van der Waals surface area (Å²) in [5, 5.41) is 2.87. The molecule has 0 bridgehead atoms. The lowest BCUT2D eigenvalue weighted by atomic mass is 10.2. The molecule has 0 fully saturated rings. The number of hydrogen-bond acceptors (Lipinski definition) is 4. The quantitative estimate of drug-likeness (QED) is 0.848. The monoisotopic (exact) mass is 329 g/mol. The topological polar surface area (TPSA) is 56.8 Å². The lowest BCUT2D eigenvalue weighted by Gasteiger charge is -2.16. The number of carbonyl (C=O) groups is 1. The molecule has 1 amide bonds. The van der Waals surface area contributed by atoms with Gasteiger partial charge < -0.3 is 19.5 Å². The maximum absolute atomic E-state index is 12.2. The number of aryl methyl sites for hydroxylation is 1. The van der Waals surface area contributed by atoms with Crippen LogP contribution in [0.3, 0.4) is 0 Å². The summed E-state index contributed by atoms with van der Waals surface area (Å²) in [6, 6.07) is 13.2. The molecule has 0 heterocycles. The van der Waals surface area contributed by atoms with Crippen LogP contribution in [0.25, 0.3) is 0 Å². The summed E-state index contributed by atoms with van der Waals surface area (Å²) in [5.41, 5.74) is 1.92. The Labute approximate surface area is 142 Å². The van der Waals surface area contributed by atoms with Gasteiger partial charge in [0.25, 0.3) is 5.91 Å². The summed E-state index contributed by atoms with van der Waals surface area (Å²) >= 11 is 0. The normalized spacial score (nSPS) is 11.5. The largest absolute Gasteiger partial charge is 0.493 e. The summed E-state index contributed by atoms with van der Waals surface area (Å²) in [7, 11) is 3.17. The number of ether oxygens (including phenoxy) is 3. The van der Waals surface area contributed by atoms with Gasteiger partial charge in [-0.2, -0.15) is 0 Å². The zero-order valence-corrected chi connectivity index (χ0v) is 14.5. The summed E-state index contributed by atoms with van der Waals surface area (Å²) in [5.74, 6) is 1.83. The van der Waals surface area contributed by atoms with Crippen LogP contribution >= 0.6 is 0 Å². The van der Waals surface area contributed by atoms with Crippen molar-refractivity contribution >= 4 is 5.91 Å². The van der Waals surface area contributed by atoms with Crippen molar-refractivity contribution < 1.29 is 19.0 Å². The molecule has 0 aliphatic heterocycles. The number of para-hydroxylation sites is 1. The van der Waals surface area contributed by atoms with E-state index >= 15 is 0 Å². The van der Waals surface area contributed by atoms with Gasteiger partial charge in [-0.05, 0) is 43.2 Å². The van der Waals surface area contributed by atoms with Gasteiger partial charge in [-0.3, -0.25) is 4.79 Å². The fourth-order valence-corrected chi connectivity index (χ4v) is 2.26. The molecule has 128 valence electrons. The second-order valence-electron chi connectivity index (χ2n) is 5.43. The Morgan fingerprint density at radius 2 is 1.75 bits per heavy atom. The number of benzene rings is 2. The van der Waals surface area contributed by atoms with Crippen molar-refractivity contribution in [1.82, 2.24) is 5.32 Å². The molecule has 2 aromatic carbocycles. The fourth-order valence-electron chi connectivity index (χ4n) is 2.26. The SMILES string of the molecule is COc1ccc(CNC(=O)[C@@H](C)Oc2ccccc2C)cc1OC. The van der Waals surface area contributed by atoms with Crippen molar-refractivity contribution in [3.05, 3.63) is 53.6 Å². The Hall–Kier alpha value is -2.69. The van der Waals surface area contributed by atoms with Crippen LogP contribution < -0.4 is 19.5 Å². The predicted molar refractivity (Wildman–Crippen MR) is 92.7 cm³/mol. The van der Waals surface area contributed by atoms with E-state index in [2.05, 4.69) is 5.32 Å². The average Bonchev–Trinajstić information content (AvgIpc) is 2.61. The first-order valence-electron chi connectivity index (χ1n) is 7.76. The molecule has 1 atom stereocenters. The zero-order chi connectivity index (χ0) is 17.5. The first-order valence-corrected chi connectivity index (χ1v) is 7.76. The lowest BCUT2D eigenvalue weighted by Crippen LogP contribution is -2.36. The number of hydrogen-bond donors (Lipinski definition) is 1. The number of nitrogens with one attached hydrogen (secondary N) is 1. The van der Waals surface area contributed by atoms with Crippen LogP contribution in [0.5, 0.6) is 17.2 Å². The second kappa shape index (κ2) is 8.24. The molecule has 2 rings (SSSR count). The highest BCUT2D eigenvalue weighted by atomic mass is 16.5. The molecule has 2 aromatic rings. The number of methoxy groups -OCH3 is 2. The van der Waals surface area contributed by atoms with Crippen molar-refractivity contribution in [2.75, 3.05) is 14.2 Å². The van der Waals surface area contributed by atoms with Crippen molar-refractivity contribution in [3.8, 4) is 17.2 Å². The standard InChI is InChI=1S/C19H23NO4/c1-13-7-5-6-8-16(13)24-14(2)19(21)20-12-15-9-10-17(22-3)18(11-15)23-4/h5-11,14H,12H2,1-4H3,(H,20,21)/t14-/m1/s1. The molecule has 5 nitrogen and oxygen atoms in total. The van der Waals surface area contributed by atoms with E-state index in [0.29, 0.717) is 23.8 Å². The number of rotatable bonds is 7. The minimum Gasteiger partial charge on any atom is -0.493 e. The Morgan fingerprint density at radius 1 is 1.04 bits per heavy atom. The molecule has 0 aromatic heterocycles. The Morgan fingerprint density at radius 3 is 2.42 bits per heavy atom. The number of carbonyl (C=O) groups excluding carboxylic acids is 1. The van der Waals surface area contributed by atoms with E-state index in [1.165, 1.54) is 0 Å². The molecule has 24 heavy (non-hydrogen) atoms. The third kappa shape index (κ3) is 4.41. The van der Waals surface area contributed by atoms with E-state index in [-0.39, 0.29) is 5.91 Å². The maximum Gasteiger partial charge on any atom is 0.261 e. The Balaban J connectivity index is 1.94. The molecule has 0 aliphatic carbocycles. The predicted octanol–water partition coefficient (Wildman–Crippen LogP) is 3.10. The van der Waals surface area contributed by atoms with Gasteiger partial charge >= 0.3 is 0 Å². The summed E-state index contributed by atoms with van der Waals surface area (Å²) < 4.78 is 16.2. The number of amides is 1. The first-order chi connectivity index (χ1) is 11.5. The molecule has 0 aliphatic rings.